The molecule has 3 aromatic rings. The maximum atomic E-state index is 12.6. The Labute approximate surface area is 145 Å². The van der Waals surface area contributed by atoms with Gasteiger partial charge in [0.1, 0.15) is 5.69 Å². The second kappa shape index (κ2) is 6.93. The third-order valence-electron chi connectivity index (χ3n) is 3.67. The molecule has 124 valence electrons. The highest BCUT2D eigenvalue weighted by atomic mass is 35.5. The van der Waals surface area contributed by atoms with Crippen LogP contribution in [0.3, 0.4) is 0 Å². The number of nitrogens with one attached hydrogen (secondary N) is 1. The summed E-state index contributed by atoms with van der Waals surface area (Å²) in [7, 11) is 0. The van der Waals surface area contributed by atoms with Crippen LogP contribution in [0.25, 0.3) is 5.65 Å². The molecule has 0 atom stereocenters. The van der Waals surface area contributed by atoms with Crippen LogP contribution in [0.1, 0.15) is 28.7 Å². The lowest BCUT2D eigenvalue weighted by Gasteiger charge is -2.08. The van der Waals surface area contributed by atoms with Gasteiger partial charge >= 0.3 is 0 Å². The van der Waals surface area contributed by atoms with Crippen molar-refractivity contribution in [1.29, 1.82) is 0 Å². The summed E-state index contributed by atoms with van der Waals surface area (Å²) in [6, 6.07) is 11.1. The molecule has 0 fully saturated rings. The zero-order valence-corrected chi connectivity index (χ0v) is 14.3. The highest BCUT2D eigenvalue weighted by Crippen LogP contribution is 2.22. The average molecular weight is 344 g/mol. The van der Waals surface area contributed by atoms with Gasteiger partial charge < -0.3 is 10.1 Å². The van der Waals surface area contributed by atoms with Gasteiger partial charge in [-0.15, -0.1) is 0 Å². The smallest absolute Gasteiger partial charge is 0.270 e. The number of fused-ring (bicyclic) bond motifs is 1. The summed E-state index contributed by atoms with van der Waals surface area (Å²) < 4.78 is 7.34. The first-order chi connectivity index (χ1) is 11.6. The van der Waals surface area contributed by atoms with Crippen LogP contribution in [0.2, 0.25) is 5.02 Å². The van der Waals surface area contributed by atoms with E-state index in [9.17, 15) is 4.79 Å². The van der Waals surface area contributed by atoms with Gasteiger partial charge in [0.05, 0.1) is 12.3 Å². The van der Waals surface area contributed by atoms with Crippen LogP contribution in [0.5, 0.6) is 5.75 Å². The van der Waals surface area contributed by atoms with E-state index in [0.29, 0.717) is 41.0 Å². The minimum atomic E-state index is -0.177. The predicted molar refractivity (Wildman–Crippen MR) is 93.7 cm³/mol. The number of pyridine rings is 1. The van der Waals surface area contributed by atoms with Crippen LogP contribution in [-0.2, 0) is 6.54 Å². The van der Waals surface area contributed by atoms with Crippen molar-refractivity contribution in [2.24, 2.45) is 0 Å². The second-order valence-corrected chi connectivity index (χ2v) is 5.79. The summed E-state index contributed by atoms with van der Waals surface area (Å²) in [4.78, 5) is 17.1. The Hall–Kier alpha value is -2.53. The Balaban J connectivity index is 1.85. The molecule has 0 aliphatic heterocycles. The van der Waals surface area contributed by atoms with Crippen molar-refractivity contribution in [3.63, 3.8) is 0 Å². The van der Waals surface area contributed by atoms with Gasteiger partial charge in [0.25, 0.3) is 5.91 Å². The second-order valence-electron chi connectivity index (χ2n) is 5.35. The van der Waals surface area contributed by atoms with E-state index in [2.05, 4.69) is 10.3 Å². The molecule has 0 unspecified atom stereocenters. The number of imidazole rings is 1. The molecule has 0 radical (unpaired) electrons. The van der Waals surface area contributed by atoms with Gasteiger partial charge in [-0.25, -0.2) is 4.98 Å². The van der Waals surface area contributed by atoms with Crippen LogP contribution in [0.4, 0.5) is 0 Å². The highest BCUT2D eigenvalue weighted by Gasteiger charge is 2.18. The van der Waals surface area contributed by atoms with Crippen molar-refractivity contribution in [3.8, 4) is 5.75 Å². The van der Waals surface area contributed by atoms with Crippen LogP contribution >= 0.6 is 11.6 Å². The number of aryl methyl sites for hydroxylation is 1. The number of hydrogen-bond acceptors (Lipinski definition) is 3. The highest BCUT2D eigenvalue weighted by molar-refractivity contribution is 6.30. The Morgan fingerprint density at radius 3 is 2.75 bits per heavy atom. The SMILES string of the molecule is CCOc1cccn2c(C(=O)NCc3ccc(Cl)cc3)c(C)nc12. The molecule has 1 N–H and O–H groups in total. The van der Waals surface area contributed by atoms with Gasteiger partial charge in [0.2, 0.25) is 0 Å². The molecule has 0 aliphatic carbocycles. The molecule has 5 nitrogen and oxygen atoms in total. The number of aromatic nitrogens is 2. The number of ether oxygens (including phenoxy) is 1. The van der Waals surface area contributed by atoms with Crippen molar-refractivity contribution in [1.82, 2.24) is 14.7 Å². The molecule has 6 heteroatoms. The molecular weight excluding hydrogens is 326 g/mol. The third-order valence-corrected chi connectivity index (χ3v) is 3.92. The largest absolute Gasteiger partial charge is 0.490 e. The molecular formula is C18H18ClN3O2. The summed E-state index contributed by atoms with van der Waals surface area (Å²) in [5.74, 6) is 0.489. The summed E-state index contributed by atoms with van der Waals surface area (Å²) in [5, 5.41) is 3.59. The molecule has 0 saturated carbocycles. The van der Waals surface area contributed by atoms with Crippen LogP contribution < -0.4 is 10.1 Å². The van der Waals surface area contributed by atoms with Gasteiger partial charge in [0, 0.05) is 17.8 Å². The first-order valence-electron chi connectivity index (χ1n) is 7.73. The van der Waals surface area contributed by atoms with E-state index in [1.165, 1.54) is 0 Å². The molecule has 0 spiro atoms. The van der Waals surface area contributed by atoms with Crippen molar-refractivity contribution in [2.75, 3.05) is 6.61 Å². The Bertz CT molecular complexity index is 872. The minimum absolute atomic E-state index is 0.177. The van der Waals surface area contributed by atoms with E-state index < -0.39 is 0 Å². The average Bonchev–Trinajstić information content (AvgIpc) is 2.91. The summed E-state index contributed by atoms with van der Waals surface area (Å²) in [6.45, 7) is 4.70. The summed E-state index contributed by atoms with van der Waals surface area (Å²) in [5.41, 5.74) is 2.80. The van der Waals surface area contributed by atoms with Crippen LogP contribution in [-0.4, -0.2) is 21.9 Å². The fourth-order valence-electron chi connectivity index (χ4n) is 2.57. The Morgan fingerprint density at radius 2 is 2.04 bits per heavy atom. The Morgan fingerprint density at radius 1 is 1.29 bits per heavy atom. The number of halogens is 1. The normalized spacial score (nSPS) is 10.8. The van der Waals surface area contributed by atoms with Gasteiger partial charge in [0.15, 0.2) is 11.4 Å². The van der Waals surface area contributed by atoms with Crippen molar-refractivity contribution >= 4 is 23.2 Å². The monoisotopic (exact) mass is 343 g/mol. The van der Waals surface area contributed by atoms with E-state index >= 15 is 0 Å². The van der Waals surface area contributed by atoms with Gasteiger partial charge in [-0.05, 0) is 43.7 Å². The van der Waals surface area contributed by atoms with Crippen molar-refractivity contribution in [2.45, 2.75) is 20.4 Å². The Kier molecular flexibility index (Phi) is 4.71. The summed E-state index contributed by atoms with van der Waals surface area (Å²) >= 11 is 5.87. The standard InChI is InChI=1S/C18H18ClN3O2/c1-3-24-15-5-4-10-22-16(12(2)21-17(15)22)18(23)20-11-13-6-8-14(19)9-7-13/h4-10H,3,11H2,1-2H3,(H,20,23). The van der Waals surface area contributed by atoms with Crippen molar-refractivity contribution in [3.05, 3.63) is 64.6 Å². The number of carbonyl (C=O) groups excluding carboxylic acids is 1. The molecule has 1 aromatic carbocycles. The molecule has 0 aliphatic rings. The fraction of sp³-hybridized carbons (Fsp3) is 0.222. The number of nitrogens with zero attached hydrogens (tertiary/aromatic N) is 2. The molecule has 0 saturated heterocycles. The molecule has 2 aromatic heterocycles. The molecule has 1 amide bonds. The van der Waals surface area contributed by atoms with E-state index in [1.54, 1.807) is 16.5 Å². The molecule has 2 heterocycles. The first kappa shape index (κ1) is 16.3. The molecule has 24 heavy (non-hydrogen) atoms. The number of benzene rings is 1. The maximum Gasteiger partial charge on any atom is 0.270 e. The number of hydrogen-bond donors (Lipinski definition) is 1. The lowest BCUT2D eigenvalue weighted by atomic mass is 10.2. The van der Waals surface area contributed by atoms with E-state index in [-0.39, 0.29) is 5.91 Å². The van der Waals surface area contributed by atoms with Gasteiger partial charge in [-0.1, -0.05) is 23.7 Å². The predicted octanol–water partition coefficient (Wildman–Crippen LogP) is 3.62. The maximum absolute atomic E-state index is 12.6. The van der Waals surface area contributed by atoms with E-state index in [4.69, 9.17) is 16.3 Å². The number of rotatable bonds is 5. The first-order valence-corrected chi connectivity index (χ1v) is 8.11. The number of carbonyl (C=O) groups is 1. The summed E-state index contributed by atoms with van der Waals surface area (Å²) in [6.07, 6.45) is 1.81. The zero-order valence-electron chi connectivity index (χ0n) is 13.5. The zero-order chi connectivity index (χ0) is 17.1. The topological polar surface area (TPSA) is 55.6 Å². The quantitative estimate of drug-likeness (QED) is 0.769. The molecule has 0 bridgehead atoms. The van der Waals surface area contributed by atoms with Gasteiger partial charge in [-0.2, -0.15) is 0 Å². The van der Waals surface area contributed by atoms with Gasteiger partial charge in [-0.3, -0.25) is 9.20 Å². The fourth-order valence-corrected chi connectivity index (χ4v) is 2.69. The minimum Gasteiger partial charge on any atom is -0.490 e. The van der Waals surface area contributed by atoms with Crippen LogP contribution in [0, 0.1) is 6.92 Å². The van der Waals surface area contributed by atoms with Crippen LogP contribution in [0.15, 0.2) is 42.6 Å². The number of amides is 1. The lowest BCUT2D eigenvalue weighted by Crippen LogP contribution is -2.25. The van der Waals surface area contributed by atoms with Crippen molar-refractivity contribution < 1.29 is 9.53 Å². The lowest BCUT2D eigenvalue weighted by molar-refractivity contribution is 0.0944. The third kappa shape index (κ3) is 3.21. The van der Waals surface area contributed by atoms with E-state index in [1.807, 2.05) is 44.3 Å². The molecule has 3 rings (SSSR count). The van der Waals surface area contributed by atoms with E-state index in [0.717, 1.165) is 5.56 Å².